The number of aryl methyl sites for hydroxylation is 1. The van der Waals surface area contributed by atoms with Crippen LogP contribution in [0.15, 0.2) is 23.0 Å². The second-order valence-corrected chi connectivity index (χ2v) is 4.68. The molecule has 24 heavy (non-hydrogen) atoms. The summed E-state index contributed by atoms with van der Waals surface area (Å²) in [6, 6.07) is 4.83. The number of nitrogens with one attached hydrogen (secondary N) is 2. The lowest BCUT2D eigenvalue weighted by atomic mass is 10.2. The van der Waals surface area contributed by atoms with E-state index in [1.165, 1.54) is 0 Å². The van der Waals surface area contributed by atoms with Crippen LogP contribution in [0.25, 0.3) is 10.9 Å². The van der Waals surface area contributed by atoms with Crippen molar-refractivity contribution >= 4 is 28.8 Å². The van der Waals surface area contributed by atoms with Crippen LogP contribution >= 0.6 is 0 Å². The van der Waals surface area contributed by atoms with Crippen molar-refractivity contribution in [2.75, 3.05) is 24.0 Å². The number of anilines is 1. The third-order valence-corrected chi connectivity index (χ3v) is 3.06. The maximum atomic E-state index is 12.7. The van der Waals surface area contributed by atoms with E-state index in [1.54, 1.807) is 39.0 Å². The average molecular weight is 334 g/mol. The highest BCUT2D eigenvalue weighted by molar-refractivity contribution is 5.98. The molecule has 2 N–H and O–H groups in total. The summed E-state index contributed by atoms with van der Waals surface area (Å²) < 4.78 is 10.6. The van der Waals surface area contributed by atoms with Gasteiger partial charge in [0, 0.05) is 0 Å². The molecule has 0 bridgehead atoms. The molecule has 0 aliphatic rings. The summed E-state index contributed by atoms with van der Waals surface area (Å²) in [6.45, 7) is 5.25. The number of ether oxygens (including phenoxy) is 2. The number of amides is 2. The van der Waals surface area contributed by atoms with E-state index < -0.39 is 17.7 Å². The van der Waals surface area contributed by atoms with Crippen LogP contribution in [0.1, 0.15) is 19.7 Å². The van der Waals surface area contributed by atoms with E-state index in [1.807, 2.05) is 0 Å². The Kier molecular flexibility index (Phi) is 5.35. The molecule has 2 amide bonds. The molecule has 1 heterocycles. The molecule has 128 valence electrons. The maximum absolute atomic E-state index is 12.7. The number of aromatic nitrogens is 2. The molecule has 0 radical (unpaired) electrons. The van der Waals surface area contributed by atoms with Gasteiger partial charge in [0.05, 0.1) is 29.8 Å². The Balaban J connectivity index is 2.52. The van der Waals surface area contributed by atoms with Gasteiger partial charge in [-0.05, 0) is 32.9 Å². The summed E-state index contributed by atoms with van der Waals surface area (Å²) >= 11 is 0. The molecule has 1 aromatic heterocycles. The highest BCUT2D eigenvalue weighted by Crippen LogP contribution is 2.19. The van der Waals surface area contributed by atoms with E-state index in [2.05, 4.69) is 15.7 Å². The zero-order chi connectivity index (χ0) is 17.7. The molecule has 2 rings (SSSR count). The van der Waals surface area contributed by atoms with E-state index >= 15 is 0 Å². The standard InChI is InChI=1S/C15H18N4O5/c1-4-23-14(21)17-11-8-6-7-10-12(11)13(20)19(9(3)16-10)18-15(22)24-5-2/h6-8H,4-5H2,1-3H3,(H,17,21)(H,18,22). The molecule has 2 aromatic rings. The van der Waals surface area contributed by atoms with Gasteiger partial charge in [0.25, 0.3) is 5.56 Å². The molecule has 9 heteroatoms. The van der Waals surface area contributed by atoms with Crippen LogP contribution in [0.2, 0.25) is 0 Å². The van der Waals surface area contributed by atoms with Crippen LogP contribution < -0.4 is 16.3 Å². The van der Waals surface area contributed by atoms with Crippen molar-refractivity contribution in [3.63, 3.8) is 0 Å². The lowest BCUT2D eigenvalue weighted by Gasteiger charge is -2.13. The van der Waals surface area contributed by atoms with E-state index in [9.17, 15) is 14.4 Å². The largest absolute Gasteiger partial charge is 0.450 e. The van der Waals surface area contributed by atoms with Gasteiger partial charge in [0.2, 0.25) is 0 Å². The highest BCUT2D eigenvalue weighted by atomic mass is 16.6. The third kappa shape index (κ3) is 3.62. The van der Waals surface area contributed by atoms with Gasteiger partial charge >= 0.3 is 12.2 Å². The molecule has 0 saturated heterocycles. The fraction of sp³-hybridized carbons (Fsp3) is 0.333. The zero-order valence-corrected chi connectivity index (χ0v) is 13.6. The first-order valence-corrected chi connectivity index (χ1v) is 7.37. The maximum Gasteiger partial charge on any atom is 0.426 e. The van der Waals surface area contributed by atoms with Gasteiger partial charge in [-0.15, -0.1) is 0 Å². The number of carbonyl (C=O) groups excluding carboxylic acids is 2. The second kappa shape index (κ2) is 7.44. The molecule has 0 unspecified atom stereocenters. The fourth-order valence-electron chi connectivity index (χ4n) is 2.11. The van der Waals surface area contributed by atoms with Crippen LogP contribution in [0, 0.1) is 6.92 Å². The number of benzene rings is 1. The summed E-state index contributed by atoms with van der Waals surface area (Å²) in [7, 11) is 0. The van der Waals surface area contributed by atoms with Crippen LogP contribution in [-0.2, 0) is 9.47 Å². The zero-order valence-electron chi connectivity index (χ0n) is 13.6. The van der Waals surface area contributed by atoms with Gasteiger partial charge in [-0.1, -0.05) is 6.07 Å². The Labute approximate surface area is 137 Å². The summed E-state index contributed by atoms with van der Waals surface area (Å²) in [5.41, 5.74) is 2.39. The Morgan fingerprint density at radius 1 is 1.17 bits per heavy atom. The lowest BCUT2D eigenvalue weighted by Crippen LogP contribution is -2.36. The number of fused-ring (bicyclic) bond motifs is 1. The molecule has 0 aliphatic carbocycles. The predicted octanol–water partition coefficient (Wildman–Crippen LogP) is 1.97. The van der Waals surface area contributed by atoms with Gasteiger partial charge in [-0.2, -0.15) is 4.68 Å². The Bertz CT molecular complexity index is 830. The van der Waals surface area contributed by atoms with Crippen LogP contribution in [-0.4, -0.2) is 35.1 Å². The first kappa shape index (κ1) is 17.3. The van der Waals surface area contributed by atoms with E-state index in [0.717, 1.165) is 4.68 Å². The SMILES string of the molecule is CCOC(=O)Nc1cccc2nc(C)n(NC(=O)OCC)c(=O)c12. The van der Waals surface area contributed by atoms with Crippen molar-refractivity contribution in [3.05, 3.63) is 34.4 Å². The minimum atomic E-state index is -0.778. The number of nitrogens with zero attached hydrogens (tertiary/aromatic N) is 2. The highest BCUT2D eigenvalue weighted by Gasteiger charge is 2.15. The average Bonchev–Trinajstić information content (AvgIpc) is 2.51. The summed E-state index contributed by atoms with van der Waals surface area (Å²) in [5.74, 6) is 0.272. The number of hydrogen-bond acceptors (Lipinski definition) is 6. The van der Waals surface area contributed by atoms with Crippen LogP contribution in [0.3, 0.4) is 0 Å². The number of carbonyl (C=O) groups is 2. The topological polar surface area (TPSA) is 112 Å². The van der Waals surface area contributed by atoms with Crippen molar-refractivity contribution in [2.24, 2.45) is 0 Å². The first-order chi connectivity index (χ1) is 11.5. The third-order valence-electron chi connectivity index (χ3n) is 3.06. The monoisotopic (exact) mass is 334 g/mol. The predicted molar refractivity (Wildman–Crippen MR) is 87.8 cm³/mol. The molecule has 0 atom stereocenters. The van der Waals surface area contributed by atoms with Gasteiger partial charge in [-0.3, -0.25) is 10.1 Å². The van der Waals surface area contributed by atoms with Gasteiger partial charge in [-0.25, -0.2) is 20.0 Å². The Morgan fingerprint density at radius 3 is 2.50 bits per heavy atom. The van der Waals surface area contributed by atoms with Crippen molar-refractivity contribution in [3.8, 4) is 0 Å². The first-order valence-electron chi connectivity index (χ1n) is 7.37. The van der Waals surface area contributed by atoms with E-state index in [4.69, 9.17) is 9.47 Å². The molecule has 0 fully saturated rings. The van der Waals surface area contributed by atoms with Gasteiger partial charge in [0.15, 0.2) is 0 Å². The van der Waals surface area contributed by atoms with E-state index in [0.29, 0.717) is 5.52 Å². The second-order valence-electron chi connectivity index (χ2n) is 4.68. The molecule has 0 saturated carbocycles. The molecule has 9 nitrogen and oxygen atoms in total. The van der Waals surface area contributed by atoms with Gasteiger partial charge < -0.3 is 9.47 Å². The smallest absolute Gasteiger partial charge is 0.426 e. The lowest BCUT2D eigenvalue weighted by molar-refractivity contribution is 0.163. The summed E-state index contributed by atoms with van der Waals surface area (Å²) in [4.78, 5) is 40.2. The normalized spacial score (nSPS) is 10.3. The summed E-state index contributed by atoms with van der Waals surface area (Å²) in [6.07, 6.45) is -1.46. The van der Waals surface area contributed by atoms with Crippen LogP contribution in [0.5, 0.6) is 0 Å². The minimum Gasteiger partial charge on any atom is -0.450 e. The summed E-state index contributed by atoms with van der Waals surface area (Å²) in [5, 5.41) is 2.64. The Hall–Kier alpha value is -3.10. The molecule has 1 aromatic carbocycles. The Morgan fingerprint density at radius 2 is 1.83 bits per heavy atom. The van der Waals surface area contributed by atoms with Crippen molar-refractivity contribution in [2.45, 2.75) is 20.8 Å². The minimum absolute atomic E-state index is 0.146. The van der Waals surface area contributed by atoms with Gasteiger partial charge in [0.1, 0.15) is 5.82 Å². The fourth-order valence-corrected chi connectivity index (χ4v) is 2.11. The number of hydrogen-bond donors (Lipinski definition) is 2. The molecule has 0 spiro atoms. The quantitative estimate of drug-likeness (QED) is 0.884. The van der Waals surface area contributed by atoms with Crippen molar-refractivity contribution < 1.29 is 19.1 Å². The molecular weight excluding hydrogens is 316 g/mol. The van der Waals surface area contributed by atoms with Crippen molar-refractivity contribution in [1.29, 1.82) is 0 Å². The number of rotatable bonds is 4. The van der Waals surface area contributed by atoms with E-state index in [-0.39, 0.29) is 30.1 Å². The van der Waals surface area contributed by atoms with Crippen LogP contribution in [0.4, 0.5) is 15.3 Å². The molecule has 0 aliphatic heterocycles. The van der Waals surface area contributed by atoms with Crippen molar-refractivity contribution in [1.82, 2.24) is 9.66 Å². The molecular formula is C15H18N4O5.